The summed E-state index contributed by atoms with van der Waals surface area (Å²) in [6.07, 6.45) is 2.98. The highest BCUT2D eigenvalue weighted by molar-refractivity contribution is 5.74. The van der Waals surface area contributed by atoms with Crippen molar-refractivity contribution >= 4 is 11.7 Å². The molecule has 0 aliphatic carbocycles. The number of carboxylic acid groups (broad SMARTS) is 1. The number of carboxylic acids is 1. The minimum Gasteiger partial charge on any atom is -0.480 e. The van der Waals surface area contributed by atoms with Gasteiger partial charge in [0.1, 0.15) is 11.9 Å². The van der Waals surface area contributed by atoms with E-state index in [0.717, 1.165) is 41.1 Å². The average molecular weight is 260 g/mol. The van der Waals surface area contributed by atoms with Crippen LogP contribution in [0.25, 0.3) is 0 Å². The molecule has 2 aliphatic rings. The molecule has 0 saturated carbocycles. The van der Waals surface area contributed by atoms with E-state index in [1.807, 2.05) is 24.3 Å². The molecule has 1 atom stereocenters. The van der Waals surface area contributed by atoms with Crippen LogP contribution in [0.3, 0.4) is 0 Å². The van der Waals surface area contributed by atoms with Gasteiger partial charge in [0.15, 0.2) is 0 Å². The van der Waals surface area contributed by atoms with Crippen molar-refractivity contribution in [3.8, 4) is 0 Å². The number of hydrogen-bond donors (Lipinski definition) is 3. The Balaban J connectivity index is 1.97. The maximum atomic E-state index is 11.1. The number of nitrogens with zero attached hydrogens (tertiary/aromatic N) is 1. The Morgan fingerprint density at radius 2 is 2.16 bits per heavy atom. The molecule has 19 heavy (non-hydrogen) atoms. The molecule has 3 N–H and O–H groups in total. The molecule has 1 aromatic carbocycles. The van der Waals surface area contributed by atoms with Crippen LogP contribution < -0.4 is 10.4 Å². The maximum absolute atomic E-state index is 11.1. The number of nitrogens with one attached hydrogen (secondary N) is 1. The number of rotatable bonds is 1. The molecule has 1 unspecified atom stereocenters. The fraction of sp³-hybridized carbons (Fsp3) is 0.357. The summed E-state index contributed by atoms with van der Waals surface area (Å²) in [7, 11) is 0. The first kappa shape index (κ1) is 12.0. The van der Waals surface area contributed by atoms with Gasteiger partial charge in [0.25, 0.3) is 0 Å². The number of fused-ring (bicyclic) bond motifs is 1. The summed E-state index contributed by atoms with van der Waals surface area (Å²) >= 11 is 0. The number of para-hydroxylation sites is 1. The summed E-state index contributed by atoms with van der Waals surface area (Å²) in [4.78, 5) is 11.1. The molecular weight excluding hydrogens is 244 g/mol. The summed E-state index contributed by atoms with van der Waals surface area (Å²) in [5.74, 6) is -0.329. The zero-order chi connectivity index (χ0) is 13.4. The SMILES string of the molecule is O=C(O)C1CCCC2=C(N1)N(O)c1ccccc1C2. The van der Waals surface area contributed by atoms with Gasteiger partial charge in [-0.05, 0) is 42.9 Å². The number of carbonyl (C=O) groups is 1. The zero-order valence-electron chi connectivity index (χ0n) is 10.5. The summed E-state index contributed by atoms with van der Waals surface area (Å²) < 4.78 is 0. The first-order chi connectivity index (χ1) is 9.16. The van der Waals surface area contributed by atoms with Crippen molar-refractivity contribution in [1.82, 2.24) is 5.32 Å². The Kier molecular flexibility index (Phi) is 2.91. The van der Waals surface area contributed by atoms with E-state index in [1.165, 1.54) is 0 Å². The van der Waals surface area contributed by atoms with Crippen molar-refractivity contribution in [2.75, 3.05) is 5.06 Å². The molecule has 100 valence electrons. The van der Waals surface area contributed by atoms with Crippen LogP contribution in [0.2, 0.25) is 0 Å². The van der Waals surface area contributed by atoms with Gasteiger partial charge in [-0.15, -0.1) is 0 Å². The molecule has 0 spiro atoms. The molecule has 0 fully saturated rings. The third-order valence-electron chi connectivity index (χ3n) is 3.75. The third-order valence-corrected chi connectivity index (χ3v) is 3.75. The molecule has 1 aromatic rings. The van der Waals surface area contributed by atoms with E-state index in [4.69, 9.17) is 5.11 Å². The summed E-state index contributed by atoms with van der Waals surface area (Å²) in [6, 6.07) is 7.00. The summed E-state index contributed by atoms with van der Waals surface area (Å²) in [5.41, 5.74) is 2.86. The topological polar surface area (TPSA) is 72.8 Å². The molecule has 2 aliphatic heterocycles. The second kappa shape index (κ2) is 4.59. The quantitative estimate of drug-likeness (QED) is 0.719. The van der Waals surface area contributed by atoms with Gasteiger partial charge in [-0.1, -0.05) is 18.2 Å². The molecule has 0 saturated heterocycles. The fourth-order valence-corrected chi connectivity index (χ4v) is 2.76. The number of hydrogen-bond acceptors (Lipinski definition) is 4. The van der Waals surface area contributed by atoms with Gasteiger partial charge in [0.05, 0.1) is 5.69 Å². The Hall–Kier alpha value is -2.01. The lowest BCUT2D eigenvalue weighted by Gasteiger charge is -2.31. The van der Waals surface area contributed by atoms with Gasteiger partial charge < -0.3 is 10.4 Å². The standard InChI is InChI=1S/C14H16N2O3/c17-14(18)11-6-3-5-10-8-9-4-1-2-7-12(9)16(19)13(10)15-11/h1-2,4,7,11,15,19H,3,5-6,8H2,(H,17,18). The molecule has 5 nitrogen and oxygen atoms in total. The van der Waals surface area contributed by atoms with Crippen molar-refractivity contribution in [1.29, 1.82) is 0 Å². The molecule has 2 heterocycles. The van der Waals surface area contributed by atoms with E-state index < -0.39 is 12.0 Å². The van der Waals surface area contributed by atoms with Crippen LogP contribution in [-0.2, 0) is 11.2 Å². The van der Waals surface area contributed by atoms with Crippen LogP contribution >= 0.6 is 0 Å². The normalized spacial score (nSPS) is 22.2. The molecule has 0 aromatic heterocycles. The highest BCUT2D eigenvalue weighted by Crippen LogP contribution is 2.34. The Labute approximate surface area is 111 Å². The molecular formula is C14H16N2O3. The minimum atomic E-state index is -0.874. The first-order valence-corrected chi connectivity index (χ1v) is 6.45. The van der Waals surface area contributed by atoms with Crippen molar-refractivity contribution < 1.29 is 15.1 Å². The maximum Gasteiger partial charge on any atom is 0.326 e. The van der Waals surface area contributed by atoms with Crippen molar-refractivity contribution in [2.45, 2.75) is 31.7 Å². The number of benzene rings is 1. The van der Waals surface area contributed by atoms with Gasteiger partial charge in [-0.2, -0.15) is 0 Å². The van der Waals surface area contributed by atoms with Crippen molar-refractivity contribution in [3.05, 3.63) is 41.2 Å². The van der Waals surface area contributed by atoms with Gasteiger partial charge in [-0.25, -0.2) is 9.86 Å². The highest BCUT2D eigenvalue weighted by atomic mass is 16.5. The highest BCUT2D eigenvalue weighted by Gasteiger charge is 2.30. The van der Waals surface area contributed by atoms with Crippen LogP contribution in [0.5, 0.6) is 0 Å². The van der Waals surface area contributed by atoms with Gasteiger partial charge in [0.2, 0.25) is 0 Å². The van der Waals surface area contributed by atoms with E-state index in [0.29, 0.717) is 12.2 Å². The summed E-state index contributed by atoms with van der Waals surface area (Å²) in [6.45, 7) is 0. The van der Waals surface area contributed by atoms with E-state index in [-0.39, 0.29) is 0 Å². The second-order valence-electron chi connectivity index (χ2n) is 5.00. The lowest BCUT2D eigenvalue weighted by Crippen LogP contribution is -2.42. The lowest BCUT2D eigenvalue weighted by atomic mass is 9.96. The molecule has 0 amide bonds. The Bertz CT molecular complexity index is 553. The van der Waals surface area contributed by atoms with E-state index in [9.17, 15) is 10.0 Å². The number of aliphatic carboxylic acids is 1. The smallest absolute Gasteiger partial charge is 0.326 e. The largest absolute Gasteiger partial charge is 0.480 e. The fourth-order valence-electron chi connectivity index (χ4n) is 2.76. The van der Waals surface area contributed by atoms with Crippen LogP contribution in [0, 0.1) is 0 Å². The van der Waals surface area contributed by atoms with E-state index in [2.05, 4.69) is 5.32 Å². The number of hydroxylamine groups is 1. The molecule has 3 rings (SSSR count). The van der Waals surface area contributed by atoms with Gasteiger partial charge in [-0.3, -0.25) is 5.21 Å². The average Bonchev–Trinajstić information content (AvgIpc) is 2.62. The van der Waals surface area contributed by atoms with Crippen LogP contribution in [0.1, 0.15) is 24.8 Å². The van der Waals surface area contributed by atoms with Crippen molar-refractivity contribution in [3.63, 3.8) is 0 Å². The summed E-state index contributed by atoms with van der Waals surface area (Å²) in [5, 5.41) is 23.5. The Morgan fingerprint density at radius 3 is 2.95 bits per heavy atom. The van der Waals surface area contributed by atoms with Crippen molar-refractivity contribution in [2.24, 2.45) is 0 Å². The molecule has 0 radical (unpaired) electrons. The Morgan fingerprint density at radius 1 is 1.37 bits per heavy atom. The zero-order valence-corrected chi connectivity index (χ0v) is 10.5. The number of allylic oxidation sites excluding steroid dienone is 1. The van der Waals surface area contributed by atoms with E-state index >= 15 is 0 Å². The van der Waals surface area contributed by atoms with Gasteiger partial charge >= 0.3 is 5.97 Å². The number of anilines is 1. The molecule has 0 bridgehead atoms. The molecule has 5 heteroatoms. The lowest BCUT2D eigenvalue weighted by molar-refractivity contribution is -0.139. The van der Waals surface area contributed by atoms with E-state index in [1.54, 1.807) is 0 Å². The predicted octanol–water partition coefficient (Wildman–Crippen LogP) is 1.88. The van der Waals surface area contributed by atoms with Crippen LogP contribution in [-0.4, -0.2) is 22.3 Å². The minimum absolute atomic E-state index is 0.545. The second-order valence-corrected chi connectivity index (χ2v) is 5.00. The third kappa shape index (κ3) is 2.06. The monoisotopic (exact) mass is 260 g/mol. The first-order valence-electron chi connectivity index (χ1n) is 6.45. The van der Waals surface area contributed by atoms with Crippen LogP contribution in [0.4, 0.5) is 5.69 Å². The predicted molar refractivity (Wildman–Crippen MR) is 69.8 cm³/mol. The van der Waals surface area contributed by atoms with Crippen LogP contribution in [0.15, 0.2) is 35.7 Å². The van der Waals surface area contributed by atoms with Gasteiger partial charge in [0, 0.05) is 0 Å².